The lowest BCUT2D eigenvalue weighted by Gasteiger charge is -2.24. The normalized spacial score (nSPS) is 25.0. The van der Waals surface area contributed by atoms with Crippen molar-refractivity contribution < 1.29 is 19.1 Å². The van der Waals surface area contributed by atoms with Gasteiger partial charge in [0.2, 0.25) is 0 Å². The van der Waals surface area contributed by atoms with Gasteiger partial charge in [-0.25, -0.2) is 0 Å². The Morgan fingerprint density at radius 2 is 2.28 bits per heavy atom. The molecule has 3 atom stereocenters. The van der Waals surface area contributed by atoms with Gasteiger partial charge in [-0.3, -0.25) is 14.3 Å². The highest BCUT2D eigenvalue weighted by molar-refractivity contribution is 5.81. The molecule has 1 saturated carbocycles. The topological polar surface area (TPSA) is 73.7 Å². The average Bonchev–Trinajstić information content (AvgIpc) is 2.99. The summed E-state index contributed by atoms with van der Waals surface area (Å²) < 4.78 is 12.5. The van der Waals surface area contributed by atoms with E-state index in [1.807, 2.05) is 36.5 Å². The summed E-state index contributed by atoms with van der Waals surface area (Å²) in [7, 11) is 1.89. The molecule has 25 heavy (non-hydrogen) atoms. The van der Waals surface area contributed by atoms with Crippen molar-refractivity contribution >= 4 is 11.9 Å². The maximum absolute atomic E-state index is 12.9. The van der Waals surface area contributed by atoms with Crippen molar-refractivity contribution in [1.82, 2.24) is 14.7 Å². The monoisotopic (exact) mass is 349 g/mol. The SMILES string of the molecule is CCOC(=O)C1CC1CN(Cc1cc(C)n(C)n1)C(=O)C1CCCO1. The fourth-order valence-electron chi connectivity index (χ4n) is 3.39. The van der Waals surface area contributed by atoms with Crippen molar-refractivity contribution in [3.63, 3.8) is 0 Å². The number of amides is 1. The molecule has 1 aliphatic heterocycles. The number of hydrogen-bond acceptors (Lipinski definition) is 5. The molecule has 7 heteroatoms. The lowest BCUT2D eigenvalue weighted by molar-refractivity contribution is -0.146. The number of carbonyl (C=O) groups is 2. The van der Waals surface area contributed by atoms with Gasteiger partial charge in [0.15, 0.2) is 0 Å². The van der Waals surface area contributed by atoms with E-state index in [9.17, 15) is 9.59 Å². The first-order valence-electron chi connectivity index (χ1n) is 9.06. The average molecular weight is 349 g/mol. The molecule has 0 aromatic carbocycles. The summed E-state index contributed by atoms with van der Waals surface area (Å²) in [5, 5.41) is 4.46. The zero-order valence-electron chi connectivity index (χ0n) is 15.2. The fraction of sp³-hybridized carbons (Fsp3) is 0.722. The Labute approximate surface area is 148 Å². The quantitative estimate of drug-likeness (QED) is 0.697. The van der Waals surface area contributed by atoms with Gasteiger partial charge in [-0.1, -0.05) is 0 Å². The number of rotatable bonds is 7. The van der Waals surface area contributed by atoms with Crippen LogP contribution >= 0.6 is 0 Å². The van der Waals surface area contributed by atoms with Crippen molar-refractivity contribution in [2.75, 3.05) is 19.8 Å². The second-order valence-corrected chi connectivity index (χ2v) is 6.98. The molecule has 3 unspecified atom stereocenters. The van der Waals surface area contributed by atoms with Gasteiger partial charge in [-0.2, -0.15) is 5.10 Å². The molecular formula is C18H27N3O4. The Kier molecular flexibility index (Phi) is 5.42. The van der Waals surface area contributed by atoms with Crippen molar-refractivity contribution in [2.24, 2.45) is 18.9 Å². The third-order valence-corrected chi connectivity index (χ3v) is 5.00. The third kappa shape index (κ3) is 4.21. The molecular weight excluding hydrogens is 322 g/mol. The van der Waals surface area contributed by atoms with Crippen molar-refractivity contribution in [3.8, 4) is 0 Å². The zero-order valence-corrected chi connectivity index (χ0v) is 15.2. The predicted octanol–water partition coefficient (Wildman–Crippen LogP) is 1.44. The molecule has 138 valence electrons. The van der Waals surface area contributed by atoms with E-state index in [0.717, 1.165) is 30.7 Å². The number of esters is 1. The van der Waals surface area contributed by atoms with Gasteiger partial charge in [0.05, 0.1) is 24.8 Å². The van der Waals surface area contributed by atoms with E-state index in [-0.39, 0.29) is 29.8 Å². The molecule has 2 fully saturated rings. The number of ether oxygens (including phenoxy) is 2. The number of carbonyl (C=O) groups excluding carboxylic acids is 2. The molecule has 0 spiro atoms. The second-order valence-electron chi connectivity index (χ2n) is 6.98. The summed E-state index contributed by atoms with van der Waals surface area (Å²) in [5.74, 6) is -0.0413. The maximum atomic E-state index is 12.9. The fourth-order valence-corrected chi connectivity index (χ4v) is 3.39. The van der Waals surface area contributed by atoms with Gasteiger partial charge in [0, 0.05) is 25.9 Å². The van der Waals surface area contributed by atoms with Gasteiger partial charge >= 0.3 is 5.97 Å². The third-order valence-electron chi connectivity index (χ3n) is 5.00. The number of hydrogen-bond donors (Lipinski definition) is 0. The van der Waals surface area contributed by atoms with Crippen molar-refractivity contribution in [1.29, 1.82) is 0 Å². The molecule has 0 radical (unpaired) electrons. The summed E-state index contributed by atoms with van der Waals surface area (Å²) in [5.41, 5.74) is 1.91. The summed E-state index contributed by atoms with van der Waals surface area (Å²) in [6.45, 7) is 5.84. The van der Waals surface area contributed by atoms with E-state index >= 15 is 0 Å². The lowest BCUT2D eigenvalue weighted by atomic mass is 10.2. The summed E-state index contributed by atoms with van der Waals surface area (Å²) in [6, 6.07) is 1.99. The molecule has 0 bridgehead atoms. The van der Waals surface area contributed by atoms with Crippen molar-refractivity contribution in [3.05, 3.63) is 17.5 Å². The Hall–Kier alpha value is -1.89. The first-order chi connectivity index (χ1) is 12.0. The van der Waals surface area contributed by atoms with Crippen LogP contribution in [0.2, 0.25) is 0 Å². The van der Waals surface area contributed by atoms with E-state index in [4.69, 9.17) is 9.47 Å². The van der Waals surface area contributed by atoms with Crippen LogP contribution in [0, 0.1) is 18.8 Å². The molecule has 3 rings (SSSR count). The van der Waals surface area contributed by atoms with Crippen LogP contribution in [0.1, 0.15) is 37.6 Å². The smallest absolute Gasteiger partial charge is 0.309 e. The van der Waals surface area contributed by atoms with Crippen LogP contribution < -0.4 is 0 Å². The van der Waals surface area contributed by atoms with Gasteiger partial charge in [0.1, 0.15) is 6.10 Å². The minimum Gasteiger partial charge on any atom is -0.466 e. The van der Waals surface area contributed by atoms with E-state index in [0.29, 0.717) is 26.3 Å². The first kappa shape index (κ1) is 17.9. The Morgan fingerprint density at radius 3 is 2.88 bits per heavy atom. The highest BCUT2D eigenvalue weighted by atomic mass is 16.5. The highest BCUT2D eigenvalue weighted by Gasteiger charge is 2.46. The van der Waals surface area contributed by atoms with E-state index in [1.54, 1.807) is 0 Å². The first-order valence-corrected chi connectivity index (χ1v) is 9.06. The molecule has 1 aromatic rings. The minimum absolute atomic E-state index is 0.00955. The largest absolute Gasteiger partial charge is 0.466 e. The molecule has 1 aliphatic carbocycles. The lowest BCUT2D eigenvalue weighted by Crippen LogP contribution is -2.40. The maximum Gasteiger partial charge on any atom is 0.309 e. The number of nitrogens with zero attached hydrogens (tertiary/aromatic N) is 3. The molecule has 1 aromatic heterocycles. The van der Waals surface area contributed by atoms with Crippen LogP contribution in [0.15, 0.2) is 6.07 Å². The van der Waals surface area contributed by atoms with Gasteiger partial charge in [0.25, 0.3) is 5.91 Å². The number of aryl methyl sites for hydroxylation is 2. The van der Waals surface area contributed by atoms with Crippen LogP contribution in [0.25, 0.3) is 0 Å². The minimum atomic E-state index is -0.357. The molecule has 2 aliphatic rings. The Bertz CT molecular complexity index is 617. The summed E-state index contributed by atoms with van der Waals surface area (Å²) in [4.78, 5) is 26.5. The predicted molar refractivity (Wildman–Crippen MR) is 90.6 cm³/mol. The number of aromatic nitrogens is 2. The van der Waals surface area contributed by atoms with Crippen molar-refractivity contribution in [2.45, 2.75) is 45.8 Å². The Balaban J connectivity index is 1.66. The molecule has 1 saturated heterocycles. The molecule has 0 N–H and O–H groups in total. The Morgan fingerprint density at radius 1 is 1.48 bits per heavy atom. The summed E-state index contributed by atoms with van der Waals surface area (Å²) in [6.07, 6.45) is 2.12. The summed E-state index contributed by atoms with van der Waals surface area (Å²) >= 11 is 0. The second kappa shape index (κ2) is 7.56. The van der Waals surface area contributed by atoms with E-state index in [1.165, 1.54) is 0 Å². The van der Waals surface area contributed by atoms with Crippen LogP contribution in [0.5, 0.6) is 0 Å². The van der Waals surface area contributed by atoms with Gasteiger partial charge in [-0.05, 0) is 45.1 Å². The van der Waals surface area contributed by atoms with Crippen LogP contribution in [-0.2, 0) is 32.7 Å². The molecule has 1 amide bonds. The van der Waals surface area contributed by atoms with Crippen LogP contribution in [-0.4, -0.2) is 52.4 Å². The highest BCUT2D eigenvalue weighted by Crippen LogP contribution is 2.40. The standard InChI is InChI=1S/C18H27N3O4/c1-4-24-18(23)15-9-13(15)10-21(17(22)16-6-5-7-25-16)11-14-8-12(2)20(3)19-14/h8,13,15-16H,4-7,9-11H2,1-3H3. The van der Waals surface area contributed by atoms with Gasteiger partial charge < -0.3 is 14.4 Å². The van der Waals surface area contributed by atoms with Crippen LogP contribution in [0.3, 0.4) is 0 Å². The van der Waals surface area contributed by atoms with Crippen LogP contribution in [0.4, 0.5) is 0 Å². The zero-order chi connectivity index (χ0) is 18.0. The van der Waals surface area contributed by atoms with E-state index in [2.05, 4.69) is 5.10 Å². The van der Waals surface area contributed by atoms with Gasteiger partial charge in [-0.15, -0.1) is 0 Å². The molecule has 7 nitrogen and oxygen atoms in total. The molecule has 2 heterocycles. The van der Waals surface area contributed by atoms with E-state index < -0.39 is 0 Å².